The smallest absolute Gasteiger partial charge is 0.240 e. The number of aliphatic hydroxyl groups excluding tert-OH is 1. The highest BCUT2D eigenvalue weighted by atomic mass is 16.3. The molecule has 2 rings (SSSR count). The van der Waals surface area contributed by atoms with Crippen LogP contribution in [0.3, 0.4) is 0 Å². The predicted octanol–water partition coefficient (Wildman–Crippen LogP) is 0.599. The summed E-state index contributed by atoms with van der Waals surface area (Å²) in [6.07, 6.45) is -0.898. The number of para-hydroxylation sites is 1. The summed E-state index contributed by atoms with van der Waals surface area (Å²) in [6.45, 7) is 1.52. The van der Waals surface area contributed by atoms with Crippen molar-refractivity contribution in [3.05, 3.63) is 30.3 Å². The normalized spacial score (nSPS) is 24.9. The van der Waals surface area contributed by atoms with Gasteiger partial charge in [0, 0.05) is 5.69 Å². The van der Waals surface area contributed by atoms with Crippen LogP contribution < -0.4 is 4.90 Å². The minimum atomic E-state index is -0.903. The van der Waals surface area contributed by atoms with Crippen LogP contribution in [0, 0.1) is 5.92 Å². The van der Waals surface area contributed by atoms with E-state index in [0.29, 0.717) is 0 Å². The largest absolute Gasteiger partial charge is 0.390 e. The van der Waals surface area contributed by atoms with E-state index < -0.39 is 12.0 Å². The Hall–Kier alpha value is -1.68. The summed E-state index contributed by atoms with van der Waals surface area (Å²) in [5.41, 5.74) is 0.718. The van der Waals surface area contributed by atoms with Crippen LogP contribution in [-0.2, 0) is 9.59 Å². The van der Waals surface area contributed by atoms with Gasteiger partial charge in [-0.1, -0.05) is 18.2 Å². The molecule has 4 nitrogen and oxygen atoms in total. The van der Waals surface area contributed by atoms with Gasteiger partial charge in [-0.25, -0.2) is 0 Å². The number of nitrogens with zero attached hydrogens (tertiary/aromatic N) is 1. The van der Waals surface area contributed by atoms with E-state index in [4.69, 9.17) is 0 Å². The number of carbonyl (C=O) groups is 2. The first kappa shape index (κ1) is 10.8. The van der Waals surface area contributed by atoms with E-state index in [-0.39, 0.29) is 18.2 Å². The average Bonchev–Trinajstić information content (AvgIpc) is 2.55. The number of β-amino-alcohol motifs (C(OH)–C–C–N with tert-alkyl or cyclic N) is 1. The van der Waals surface area contributed by atoms with Gasteiger partial charge >= 0.3 is 0 Å². The monoisotopic (exact) mass is 219 g/mol. The molecule has 2 unspecified atom stereocenters. The lowest BCUT2D eigenvalue weighted by Crippen LogP contribution is -2.30. The van der Waals surface area contributed by atoms with Crippen molar-refractivity contribution in [3.8, 4) is 0 Å². The summed E-state index contributed by atoms with van der Waals surface area (Å²) in [5.74, 6) is -1.50. The molecule has 1 aromatic rings. The second-order valence-electron chi connectivity index (χ2n) is 3.94. The van der Waals surface area contributed by atoms with Crippen LogP contribution in [0.15, 0.2) is 30.3 Å². The molecule has 16 heavy (non-hydrogen) atoms. The van der Waals surface area contributed by atoms with E-state index in [2.05, 4.69) is 0 Å². The maximum absolute atomic E-state index is 11.9. The van der Waals surface area contributed by atoms with Crippen molar-refractivity contribution in [3.63, 3.8) is 0 Å². The van der Waals surface area contributed by atoms with Crippen molar-refractivity contribution in [1.29, 1.82) is 0 Å². The first-order valence-electron chi connectivity index (χ1n) is 5.16. The van der Waals surface area contributed by atoms with Gasteiger partial charge in [0.25, 0.3) is 0 Å². The van der Waals surface area contributed by atoms with Crippen LogP contribution in [0.2, 0.25) is 0 Å². The SMILES string of the molecule is CC(=O)C1C(=O)N(c2ccccc2)CC1O. The summed E-state index contributed by atoms with van der Waals surface area (Å²) in [6, 6.07) is 9.05. The summed E-state index contributed by atoms with van der Waals surface area (Å²) in [5, 5.41) is 9.68. The summed E-state index contributed by atoms with van der Waals surface area (Å²) in [4.78, 5) is 24.6. The molecule has 0 radical (unpaired) electrons. The third-order valence-electron chi connectivity index (χ3n) is 2.79. The van der Waals surface area contributed by atoms with Gasteiger partial charge in [-0.15, -0.1) is 0 Å². The number of carbonyl (C=O) groups excluding carboxylic acids is 2. The van der Waals surface area contributed by atoms with Crippen molar-refractivity contribution >= 4 is 17.4 Å². The molecule has 1 saturated heterocycles. The standard InChI is InChI=1S/C12H13NO3/c1-8(14)11-10(15)7-13(12(11)16)9-5-3-2-4-6-9/h2-6,10-11,15H,7H2,1H3. The Labute approximate surface area is 93.5 Å². The number of aliphatic hydroxyl groups is 1. The Balaban J connectivity index is 2.28. The lowest BCUT2D eigenvalue weighted by atomic mass is 10.0. The number of anilines is 1. The van der Waals surface area contributed by atoms with Crippen LogP contribution in [0.5, 0.6) is 0 Å². The molecule has 0 aliphatic carbocycles. The second kappa shape index (κ2) is 4.06. The maximum atomic E-state index is 11.9. The number of rotatable bonds is 2. The average molecular weight is 219 g/mol. The number of hydrogen-bond acceptors (Lipinski definition) is 3. The van der Waals surface area contributed by atoms with E-state index in [1.54, 1.807) is 12.1 Å². The molecule has 1 aliphatic rings. The summed E-state index contributed by atoms with van der Waals surface area (Å²) >= 11 is 0. The Kier molecular flexibility index (Phi) is 2.75. The van der Waals surface area contributed by atoms with Gasteiger partial charge in [0.2, 0.25) is 5.91 Å². The van der Waals surface area contributed by atoms with Gasteiger partial charge in [0.05, 0.1) is 12.6 Å². The molecular weight excluding hydrogens is 206 g/mol. The van der Waals surface area contributed by atoms with Crippen LogP contribution in [0.25, 0.3) is 0 Å². The van der Waals surface area contributed by atoms with Crippen molar-refractivity contribution in [1.82, 2.24) is 0 Å². The molecule has 1 N–H and O–H groups in total. The van der Waals surface area contributed by atoms with E-state index in [9.17, 15) is 14.7 Å². The first-order valence-corrected chi connectivity index (χ1v) is 5.16. The molecule has 1 aromatic carbocycles. The molecule has 0 aromatic heterocycles. The molecule has 1 amide bonds. The van der Waals surface area contributed by atoms with Gasteiger partial charge < -0.3 is 10.0 Å². The minimum Gasteiger partial charge on any atom is -0.390 e. The third-order valence-corrected chi connectivity index (χ3v) is 2.79. The highest BCUT2D eigenvalue weighted by Gasteiger charge is 2.42. The zero-order valence-corrected chi connectivity index (χ0v) is 8.96. The Morgan fingerprint density at radius 3 is 2.50 bits per heavy atom. The van der Waals surface area contributed by atoms with Gasteiger partial charge in [-0.2, -0.15) is 0 Å². The zero-order chi connectivity index (χ0) is 11.7. The Morgan fingerprint density at radius 2 is 2.00 bits per heavy atom. The van der Waals surface area contributed by atoms with Crippen molar-refractivity contribution in [2.45, 2.75) is 13.0 Å². The third kappa shape index (κ3) is 1.72. The van der Waals surface area contributed by atoms with Crippen molar-refractivity contribution < 1.29 is 14.7 Å². The molecular formula is C12H13NO3. The fourth-order valence-electron chi connectivity index (χ4n) is 2.00. The van der Waals surface area contributed by atoms with Crippen LogP contribution in [-0.4, -0.2) is 29.4 Å². The van der Waals surface area contributed by atoms with Gasteiger partial charge in [0.1, 0.15) is 11.7 Å². The Morgan fingerprint density at radius 1 is 1.38 bits per heavy atom. The molecule has 84 valence electrons. The molecule has 1 heterocycles. The highest BCUT2D eigenvalue weighted by Crippen LogP contribution is 2.25. The van der Waals surface area contributed by atoms with E-state index >= 15 is 0 Å². The van der Waals surface area contributed by atoms with Gasteiger partial charge in [-0.3, -0.25) is 9.59 Å². The van der Waals surface area contributed by atoms with E-state index in [1.165, 1.54) is 11.8 Å². The lowest BCUT2D eigenvalue weighted by molar-refractivity contribution is -0.132. The topological polar surface area (TPSA) is 57.6 Å². The highest BCUT2D eigenvalue weighted by molar-refractivity contribution is 6.10. The molecule has 0 bridgehead atoms. The minimum absolute atomic E-state index is 0.188. The predicted molar refractivity (Wildman–Crippen MR) is 59.0 cm³/mol. The van der Waals surface area contributed by atoms with Crippen LogP contribution >= 0.6 is 0 Å². The first-order chi connectivity index (χ1) is 7.61. The zero-order valence-electron chi connectivity index (χ0n) is 8.96. The molecule has 1 aliphatic heterocycles. The van der Waals surface area contributed by atoms with Crippen molar-refractivity contribution in [2.75, 3.05) is 11.4 Å². The number of hydrogen-bond donors (Lipinski definition) is 1. The Bertz CT molecular complexity index is 416. The summed E-state index contributed by atoms with van der Waals surface area (Å²) in [7, 11) is 0. The number of ketones is 1. The van der Waals surface area contributed by atoms with Crippen LogP contribution in [0.1, 0.15) is 6.92 Å². The fraction of sp³-hybridized carbons (Fsp3) is 0.333. The van der Waals surface area contributed by atoms with E-state index in [0.717, 1.165) is 5.69 Å². The fourth-order valence-corrected chi connectivity index (χ4v) is 2.00. The molecule has 0 spiro atoms. The molecule has 0 saturated carbocycles. The van der Waals surface area contributed by atoms with E-state index in [1.807, 2.05) is 18.2 Å². The number of amides is 1. The quantitative estimate of drug-likeness (QED) is 0.741. The lowest BCUT2D eigenvalue weighted by Gasteiger charge is -2.15. The van der Waals surface area contributed by atoms with Crippen molar-refractivity contribution in [2.24, 2.45) is 5.92 Å². The maximum Gasteiger partial charge on any atom is 0.240 e. The van der Waals surface area contributed by atoms with Crippen LogP contribution in [0.4, 0.5) is 5.69 Å². The summed E-state index contributed by atoms with van der Waals surface area (Å²) < 4.78 is 0. The molecule has 1 fully saturated rings. The van der Waals surface area contributed by atoms with Gasteiger partial charge in [-0.05, 0) is 19.1 Å². The molecule has 4 heteroatoms. The van der Waals surface area contributed by atoms with Gasteiger partial charge in [0.15, 0.2) is 0 Å². The number of benzene rings is 1. The molecule has 2 atom stereocenters. The second-order valence-corrected chi connectivity index (χ2v) is 3.94. The number of Topliss-reactive ketones (excluding diaryl/α,β-unsaturated/α-hetero) is 1.